The molecule has 0 radical (unpaired) electrons. The Kier molecular flexibility index (Phi) is 6.72. The summed E-state index contributed by atoms with van der Waals surface area (Å²) >= 11 is 0. The SMILES string of the molecule is CCCCCCCCC(=O)N1CCCC1C1CCCC1=O. The minimum atomic E-state index is 0.154. The lowest BCUT2D eigenvalue weighted by Crippen LogP contribution is -2.41. The van der Waals surface area contributed by atoms with E-state index >= 15 is 0 Å². The van der Waals surface area contributed by atoms with E-state index in [1.54, 1.807) is 0 Å². The van der Waals surface area contributed by atoms with E-state index in [1.807, 2.05) is 4.90 Å². The van der Waals surface area contributed by atoms with E-state index in [9.17, 15) is 9.59 Å². The molecule has 21 heavy (non-hydrogen) atoms. The van der Waals surface area contributed by atoms with E-state index in [1.165, 1.54) is 32.1 Å². The molecule has 1 aliphatic carbocycles. The van der Waals surface area contributed by atoms with E-state index in [0.29, 0.717) is 18.1 Å². The van der Waals surface area contributed by atoms with E-state index in [4.69, 9.17) is 0 Å². The summed E-state index contributed by atoms with van der Waals surface area (Å²) in [6, 6.07) is 0.229. The highest BCUT2D eigenvalue weighted by atomic mass is 16.2. The van der Waals surface area contributed by atoms with Gasteiger partial charge in [-0.1, -0.05) is 39.0 Å². The number of carbonyl (C=O) groups is 2. The van der Waals surface area contributed by atoms with E-state index in [-0.39, 0.29) is 12.0 Å². The molecule has 0 aromatic rings. The average molecular weight is 293 g/mol. The maximum atomic E-state index is 12.4. The zero-order valence-corrected chi connectivity index (χ0v) is 13.6. The van der Waals surface area contributed by atoms with Gasteiger partial charge in [0.05, 0.1) is 0 Å². The molecule has 0 spiro atoms. The monoisotopic (exact) mass is 293 g/mol. The Morgan fingerprint density at radius 3 is 2.57 bits per heavy atom. The van der Waals surface area contributed by atoms with E-state index < -0.39 is 0 Å². The zero-order chi connectivity index (χ0) is 15.1. The lowest BCUT2D eigenvalue weighted by Gasteiger charge is -2.28. The fraction of sp³-hybridized carbons (Fsp3) is 0.889. The number of hydrogen-bond acceptors (Lipinski definition) is 2. The average Bonchev–Trinajstić information content (AvgIpc) is 3.10. The number of unbranched alkanes of at least 4 members (excludes halogenated alkanes) is 5. The molecule has 2 fully saturated rings. The summed E-state index contributed by atoms with van der Waals surface area (Å²) in [5.74, 6) is 0.855. The second-order valence-corrected chi connectivity index (χ2v) is 6.78. The Morgan fingerprint density at radius 1 is 1.10 bits per heavy atom. The molecule has 0 bridgehead atoms. The van der Waals surface area contributed by atoms with Gasteiger partial charge in [-0.3, -0.25) is 9.59 Å². The van der Waals surface area contributed by atoms with Gasteiger partial charge in [-0.15, -0.1) is 0 Å². The number of ketones is 1. The van der Waals surface area contributed by atoms with Crippen molar-refractivity contribution in [2.24, 2.45) is 5.92 Å². The molecule has 3 heteroatoms. The van der Waals surface area contributed by atoms with Crippen molar-refractivity contribution in [1.82, 2.24) is 4.90 Å². The fourth-order valence-electron chi connectivity index (χ4n) is 3.97. The minimum Gasteiger partial charge on any atom is -0.339 e. The van der Waals surface area contributed by atoms with Crippen LogP contribution >= 0.6 is 0 Å². The molecule has 0 aromatic heterocycles. The molecule has 0 aromatic carbocycles. The third-order valence-electron chi connectivity index (χ3n) is 5.18. The Labute approximate surface area is 129 Å². The summed E-state index contributed by atoms with van der Waals surface area (Å²) in [6.45, 7) is 3.10. The van der Waals surface area contributed by atoms with E-state index in [2.05, 4.69) is 6.92 Å². The van der Waals surface area contributed by atoms with Crippen molar-refractivity contribution >= 4 is 11.7 Å². The molecular weight excluding hydrogens is 262 g/mol. The number of Topliss-reactive ketones (excluding diaryl/α,β-unsaturated/α-hetero) is 1. The van der Waals surface area contributed by atoms with Crippen LogP contribution < -0.4 is 0 Å². The molecule has 2 aliphatic rings. The minimum absolute atomic E-state index is 0.154. The van der Waals surface area contributed by atoms with Crippen molar-refractivity contribution in [3.05, 3.63) is 0 Å². The van der Waals surface area contributed by atoms with Gasteiger partial charge in [0.25, 0.3) is 0 Å². The molecule has 0 N–H and O–H groups in total. The summed E-state index contributed by atoms with van der Waals surface area (Å²) in [6.07, 6.45) is 12.9. The molecule has 2 unspecified atom stereocenters. The van der Waals surface area contributed by atoms with Gasteiger partial charge < -0.3 is 4.90 Å². The van der Waals surface area contributed by atoms with Crippen molar-refractivity contribution in [2.75, 3.05) is 6.54 Å². The smallest absolute Gasteiger partial charge is 0.222 e. The second kappa shape index (κ2) is 8.55. The van der Waals surface area contributed by atoms with E-state index in [0.717, 1.165) is 45.1 Å². The van der Waals surface area contributed by atoms with Gasteiger partial charge in [-0.2, -0.15) is 0 Å². The molecule has 1 amide bonds. The Balaban J connectivity index is 1.72. The number of rotatable bonds is 8. The lowest BCUT2D eigenvalue weighted by atomic mass is 9.95. The lowest BCUT2D eigenvalue weighted by molar-refractivity contribution is -0.134. The first-order chi connectivity index (χ1) is 10.2. The standard InChI is InChI=1S/C18H31NO2/c1-2-3-4-5-6-7-13-18(21)19-14-9-11-16(19)15-10-8-12-17(15)20/h15-16H,2-14H2,1H3. The van der Waals surface area contributed by atoms with Crippen molar-refractivity contribution in [2.45, 2.75) is 90.0 Å². The van der Waals surface area contributed by atoms with Crippen molar-refractivity contribution in [1.29, 1.82) is 0 Å². The Bertz CT molecular complexity index is 353. The first kappa shape index (κ1) is 16.5. The van der Waals surface area contributed by atoms with Crippen LogP contribution in [0.4, 0.5) is 0 Å². The molecule has 120 valence electrons. The van der Waals surface area contributed by atoms with Crippen LogP contribution in [0, 0.1) is 5.92 Å². The Morgan fingerprint density at radius 2 is 1.86 bits per heavy atom. The maximum absolute atomic E-state index is 12.4. The van der Waals surface area contributed by atoms with Crippen LogP contribution in [0.3, 0.4) is 0 Å². The maximum Gasteiger partial charge on any atom is 0.222 e. The molecule has 1 aliphatic heterocycles. The van der Waals surface area contributed by atoms with Gasteiger partial charge in [0.15, 0.2) is 0 Å². The predicted molar refractivity (Wildman–Crippen MR) is 85.1 cm³/mol. The highest BCUT2D eigenvalue weighted by Crippen LogP contribution is 2.33. The molecule has 2 atom stereocenters. The molecule has 1 saturated heterocycles. The van der Waals surface area contributed by atoms with Gasteiger partial charge >= 0.3 is 0 Å². The number of hydrogen-bond donors (Lipinski definition) is 0. The van der Waals surface area contributed by atoms with Crippen LogP contribution in [-0.4, -0.2) is 29.2 Å². The van der Waals surface area contributed by atoms with Crippen molar-refractivity contribution in [3.63, 3.8) is 0 Å². The molecule has 1 saturated carbocycles. The van der Waals surface area contributed by atoms with Gasteiger partial charge in [0.1, 0.15) is 5.78 Å². The predicted octanol–water partition coefficient (Wildman–Crippen LogP) is 4.10. The third-order valence-corrected chi connectivity index (χ3v) is 5.18. The molecule has 2 rings (SSSR count). The summed E-state index contributed by atoms with van der Waals surface area (Å²) < 4.78 is 0. The van der Waals surface area contributed by atoms with Gasteiger partial charge in [0.2, 0.25) is 5.91 Å². The van der Waals surface area contributed by atoms with Crippen LogP contribution in [0.2, 0.25) is 0 Å². The summed E-state index contributed by atoms with van der Waals surface area (Å²) in [5.41, 5.74) is 0. The summed E-state index contributed by atoms with van der Waals surface area (Å²) in [7, 11) is 0. The van der Waals surface area contributed by atoms with Crippen molar-refractivity contribution in [3.8, 4) is 0 Å². The topological polar surface area (TPSA) is 37.4 Å². The van der Waals surface area contributed by atoms with Crippen LogP contribution in [-0.2, 0) is 9.59 Å². The number of nitrogens with zero attached hydrogens (tertiary/aromatic N) is 1. The molecule has 1 heterocycles. The quantitative estimate of drug-likeness (QED) is 0.632. The van der Waals surface area contributed by atoms with Crippen LogP contribution in [0.25, 0.3) is 0 Å². The summed E-state index contributed by atoms with van der Waals surface area (Å²) in [4.78, 5) is 26.4. The van der Waals surface area contributed by atoms with Crippen molar-refractivity contribution < 1.29 is 9.59 Å². The second-order valence-electron chi connectivity index (χ2n) is 6.78. The number of carbonyl (C=O) groups excluding carboxylic acids is 2. The normalized spacial score (nSPS) is 25.8. The van der Waals surface area contributed by atoms with Crippen LogP contribution in [0.1, 0.15) is 84.0 Å². The van der Waals surface area contributed by atoms with Crippen LogP contribution in [0.15, 0.2) is 0 Å². The van der Waals surface area contributed by atoms with Gasteiger partial charge in [-0.05, 0) is 32.1 Å². The zero-order valence-electron chi connectivity index (χ0n) is 13.6. The molecular formula is C18H31NO2. The number of likely N-dealkylation sites (tertiary alicyclic amines) is 1. The van der Waals surface area contributed by atoms with Gasteiger partial charge in [0, 0.05) is 31.3 Å². The number of amides is 1. The first-order valence-electron chi connectivity index (χ1n) is 9.06. The highest BCUT2D eigenvalue weighted by Gasteiger charge is 2.39. The first-order valence-corrected chi connectivity index (χ1v) is 9.06. The largest absolute Gasteiger partial charge is 0.339 e. The van der Waals surface area contributed by atoms with Crippen LogP contribution in [0.5, 0.6) is 0 Å². The molecule has 3 nitrogen and oxygen atoms in total. The third kappa shape index (κ3) is 4.55. The fourth-order valence-corrected chi connectivity index (χ4v) is 3.97. The Hall–Kier alpha value is -0.860. The summed E-state index contributed by atoms with van der Waals surface area (Å²) in [5, 5.41) is 0. The van der Waals surface area contributed by atoms with Gasteiger partial charge in [-0.25, -0.2) is 0 Å². The highest BCUT2D eigenvalue weighted by molar-refractivity contribution is 5.85.